The zero-order chi connectivity index (χ0) is 14.3. The Bertz CT molecular complexity index is 553. The van der Waals surface area contributed by atoms with E-state index in [1.54, 1.807) is 6.26 Å². The lowest BCUT2D eigenvalue weighted by Crippen LogP contribution is -2.16. The first-order valence-corrected chi connectivity index (χ1v) is 7.11. The predicted molar refractivity (Wildman–Crippen MR) is 77.3 cm³/mol. The smallest absolute Gasteiger partial charge is 0.231 e. The van der Waals surface area contributed by atoms with Crippen molar-refractivity contribution >= 4 is 0 Å². The van der Waals surface area contributed by atoms with E-state index in [1.807, 2.05) is 30.3 Å². The molecule has 0 fully saturated rings. The van der Waals surface area contributed by atoms with Crippen molar-refractivity contribution in [3.8, 4) is 11.5 Å². The number of hydrogen-bond acceptors (Lipinski definition) is 5. The van der Waals surface area contributed by atoms with Crippen LogP contribution in [0.5, 0.6) is 11.5 Å². The lowest BCUT2D eigenvalue weighted by molar-refractivity contribution is 0.104. The first kappa shape index (κ1) is 14.0. The van der Waals surface area contributed by atoms with Gasteiger partial charge < -0.3 is 23.9 Å². The van der Waals surface area contributed by atoms with E-state index in [2.05, 4.69) is 5.32 Å². The Kier molecular flexibility index (Phi) is 4.76. The summed E-state index contributed by atoms with van der Waals surface area (Å²) >= 11 is 0. The van der Waals surface area contributed by atoms with E-state index >= 15 is 0 Å². The average molecular weight is 289 g/mol. The molecular formula is C16H19NO4. The predicted octanol–water partition coefficient (Wildman–Crippen LogP) is 2.70. The van der Waals surface area contributed by atoms with Gasteiger partial charge in [0.1, 0.15) is 12.4 Å². The molecule has 0 radical (unpaired) electrons. The first-order chi connectivity index (χ1) is 10.4. The van der Waals surface area contributed by atoms with Crippen molar-refractivity contribution in [2.45, 2.75) is 19.6 Å². The van der Waals surface area contributed by atoms with E-state index < -0.39 is 0 Å². The summed E-state index contributed by atoms with van der Waals surface area (Å²) in [5, 5.41) is 3.39. The number of rotatable bonds is 8. The number of nitrogens with one attached hydrogen (secondary N) is 1. The maximum atomic E-state index is 5.52. The summed E-state index contributed by atoms with van der Waals surface area (Å²) in [6, 6.07) is 9.80. The molecule has 1 aliphatic rings. The second-order valence-electron chi connectivity index (χ2n) is 4.85. The summed E-state index contributed by atoms with van der Waals surface area (Å²) in [6.45, 7) is 3.30. The minimum atomic E-state index is 0.319. The van der Waals surface area contributed by atoms with Gasteiger partial charge in [0.25, 0.3) is 0 Å². The number of hydrogen-bond donors (Lipinski definition) is 1. The van der Waals surface area contributed by atoms with Crippen LogP contribution in [0.2, 0.25) is 0 Å². The van der Waals surface area contributed by atoms with Gasteiger partial charge in [-0.25, -0.2) is 0 Å². The molecule has 0 saturated heterocycles. The van der Waals surface area contributed by atoms with Crippen molar-refractivity contribution in [3.63, 3.8) is 0 Å². The molecule has 3 rings (SSSR count). The molecule has 5 nitrogen and oxygen atoms in total. The molecule has 21 heavy (non-hydrogen) atoms. The van der Waals surface area contributed by atoms with Gasteiger partial charge in [-0.15, -0.1) is 0 Å². The Labute approximate surface area is 123 Å². The van der Waals surface area contributed by atoms with Crippen molar-refractivity contribution in [2.24, 2.45) is 0 Å². The molecule has 1 N–H and O–H groups in total. The molecule has 0 saturated carbocycles. The van der Waals surface area contributed by atoms with E-state index in [0.717, 1.165) is 43.4 Å². The van der Waals surface area contributed by atoms with Gasteiger partial charge in [-0.05, 0) is 42.8 Å². The lowest BCUT2D eigenvalue weighted by atomic mass is 10.2. The summed E-state index contributed by atoms with van der Waals surface area (Å²) in [7, 11) is 0. The topological polar surface area (TPSA) is 52.9 Å². The molecule has 1 aromatic carbocycles. The van der Waals surface area contributed by atoms with Crippen LogP contribution in [0.15, 0.2) is 41.0 Å². The average Bonchev–Trinajstić information content (AvgIpc) is 3.17. The zero-order valence-corrected chi connectivity index (χ0v) is 11.8. The van der Waals surface area contributed by atoms with E-state index in [0.29, 0.717) is 13.4 Å². The van der Waals surface area contributed by atoms with Gasteiger partial charge >= 0.3 is 0 Å². The first-order valence-electron chi connectivity index (χ1n) is 7.11. The van der Waals surface area contributed by atoms with Crippen LogP contribution in [0.4, 0.5) is 0 Å². The maximum Gasteiger partial charge on any atom is 0.231 e. The number of fused-ring (bicyclic) bond motifs is 1. The summed E-state index contributed by atoms with van der Waals surface area (Å²) in [5.41, 5.74) is 1.19. The molecule has 0 aliphatic carbocycles. The van der Waals surface area contributed by atoms with Gasteiger partial charge in [-0.1, -0.05) is 6.07 Å². The van der Waals surface area contributed by atoms with Crippen molar-refractivity contribution in [1.29, 1.82) is 0 Å². The lowest BCUT2D eigenvalue weighted by Gasteiger charge is -2.06. The van der Waals surface area contributed by atoms with Gasteiger partial charge in [-0.2, -0.15) is 0 Å². The second kappa shape index (κ2) is 7.15. The highest BCUT2D eigenvalue weighted by molar-refractivity contribution is 5.44. The van der Waals surface area contributed by atoms with Crippen LogP contribution < -0.4 is 14.8 Å². The molecule has 2 aromatic rings. The van der Waals surface area contributed by atoms with Crippen LogP contribution in [-0.4, -0.2) is 19.9 Å². The molecule has 0 spiro atoms. The van der Waals surface area contributed by atoms with E-state index in [9.17, 15) is 0 Å². The quantitative estimate of drug-likeness (QED) is 0.757. The molecule has 0 atom stereocenters. The number of furan rings is 1. The van der Waals surface area contributed by atoms with Crippen LogP contribution in [-0.2, 0) is 17.9 Å². The van der Waals surface area contributed by atoms with Gasteiger partial charge in [0.05, 0.1) is 6.26 Å². The van der Waals surface area contributed by atoms with Crippen molar-refractivity contribution in [3.05, 3.63) is 47.9 Å². The molecule has 2 heterocycles. The van der Waals surface area contributed by atoms with Crippen molar-refractivity contribution in [2.75, 3.05) is 19.9 Å². The Morgan fingerprint density at radius 1 is 1.14 bits per heavy atom. The van der Waals surface area contributed by atoms with Crippen LogP contribution in [0, 0.1) is 0 Å². The molecule has 1 aliphatic heterocycles. The normalized spacial score (nSPS) is 12.8. The Hall–Kier alpha value is -1.98. The number of ether oxygens (including phenoxy) is 3. The molecule has 112 valence electrons. The molecule has 0 amide bonds. The van der Waals surface area contributed by atoms with E-state index in [-0.39, 0.29) is 0 Å². The third-order valence-corrected chi connectivity index (χ3v) is 3.23. The molecule has 0 bridgehead atoms. The van der Waals surface area contributed by atoms with Gasteiger partial charge in [0, 0.05) is 13.2 Å². The Balaban J connectivity index is 1.28. The highest BCUT2D eigenvalue weighted by Gasteiger charge is 2.12. The highest BCUT2D eigenvalue weighted by Crippen LogP contribution is 2.32. The Morgan fingerprint density at radius 3 is 3.00 bits per heavy atom. The van der Waals surface area contributed by atoms with Crippen molar-refractivity contribution in [1.82, 2.24) is 5.32 Å². The summed E-state index contributed by atoms with van der Waals surface area (Å²) < 4.78 is 21.4. The van der Waals surface area contributed by atoms with Gasteiger partial charge in [0.15, 0.2) is 11.5 Å². The molecular weight excluding hydrogens is 270 g/mol. The molecule has 0 unspecified atom stereocenters. The van der Waals surface area contributed by atoms with Gasteiger partial charge in [-0.3, -0.25) is 0 Å². The molecule has 5 heteroatoms. The standard InChI is InChI=1S/C16H19NO4/c1-3-14(19-8-1)11-18-7-2-6-17-10-13-4-5-15-16(9-13)21-12-20-15/h1,3-5,8-9,17H,2,6-7,10-12H2. The Morgan fingerprint density at radius 2 is 2.10 bits per heavy atom. The van der Waals surface area contributed by atoms with E-state index in [1.165, 1.54) is 5.56 Å². The highest BCUT2D eigenvalue weighted by atomic mass is 16.7. The summed E-state index contributed by atoms with van der Waals surface area (Å²) in [6.07, 6.45) is 2.62. The van der Waals surface area contributed by atoms with Crippen LogP contribution >= 0.6 is 0 Å². The largest absolute Gasteiger partial charge is 0.467 e. The summed E-state index contributed by atoms with van der Waals surface area (Å²) in [4.78, 5) is 0. The van der Waals surface area contributed by atoms with Crippen molar-refractivity contribution < 1.29 is 18.6 Å². The van der Waals surface area contributed by atoms with Crippen LogP contribution in [0.1, 0.15) is 17.7 Å². The fourth-order valence-electron chi connectivity index (χ4n) is 2.15. The second-order valence-corrected chi connectivity index (χ2v) is 4.85. The number of benzene rings is 1. The SMILES string of the molecule is c1coc(COCCCNCc2ccc3c(c2)OCO3)c1. The minimum absolute atomic E-state index is 0.319. The fourth-order valence-corrected chi connectivity index (χ4v) is 2.15. The third-order valence-electron chi connectivity index (χ3n) is 3.23. The van der Waals surface area contributed by atoms with Crippen LogP contribution in [0.3, 0.4) is 0 Å². The minimum Gasteiger partial charge on any atom is -0.467 e. The maximum absolute atomic E-state index is 5.52. The fraction of sp³-hybridized carbons (Fsp3) is 0.375. The monoisotopic (exact) mass is 289 g/mol. The van der Waals surface area contributed by atoms with Crippen LogP contribution in [0.25, 0.3) is 0 Å². The third kappa shape index (κ3) is 4.00. The van der Waals surface area contributed by atoms with Gasteiger partial charge in [0.2, 0.25) is 6.79 Å². The summed E-state index contributed by atoms with van der Waals surface area (Å²) in [5.74, 6) is 2.52. The molecule has 1 aromatic heterocycles. The zero-order valence-electron chi connectivity index (χ0n) is 11.8. The van der Waals surface area contributed by atoms with E-state index in [4.69, 9.17) is 18.6 Å².